The summed E-state index contributed by atoms with van der Waals surface area (Å²) in [7, 11) is 1.64. The Morgan fingerprint density at radius 1 is 0.868 bits per heavy atom. The predicted octanol–water partition coefficient (Wildman–Crippen LogP) is 7.09. The van der Waals surface area contributed by atoms with E-state index in [1.807, 2.05) is 51.1 Å². The molecule has 5 rings (SSSR count). The van der Waals surface area contributed by atoms with E-state index in [-0.39, 0.29) is 12.5 Å². The van der Waals surface area contributed by atoms with E-state index in [0.717, 1.165) is 11.1 Å². The molecule has 1 saturated carbocycles. The number of carbonyl (C=O) groups is 2. The first-order valence-electron chi connectivity index (χ1n) is 13.6. The summed E-state index contributed by atoms with van der Waals surface area (Å²) in [6, 6.07) is 24.2. The van der Waals surface area contributed by atoms with E-state index in [1.165, 1.54) is 40.0 Å². The van der Waals surface area contributed by atoms with Crippen LogP contribution in [0, 0.1) is 0 Å². The summed E-state index contributed by atoms with van der Waals surface area (Å²) in [6.45, 7) is 5.75. The zero-order chi connectivity index (χ0) is 26.9. The summed E-state index contributed by atoms with van der Waals surface area (Å²) < 4.78 is 11.6. The predicted molar refractivity (Wildman–Crippen MR) is 149 cm³/mol. The Kier molecular flexibility index (Phi) is 7.29. The van der Waals surface area contributed by atoms with E-state index in [4.69, 9.17) is 9.47 Å². The maximum atomic E-state index is 13.3. The molecule has 198 valence electrons. The van der Waals surface area contributed by atoms with Crippen LogP contribution in [0.3, 0.4) is 0 Å². The third-order valence-corrected chi connectivity index (χ3v) is 7.53. The van der Waals surface area contributed by atoms with Gasteiger partial charge < -0.3 is 9.47 Å². The molecule has 2 aliphatic carbocycles. The number of ether oxygens (including phenoxy) is 2. The molecule has 0 bridgehead atoms. The zero-order valence-electron chi connectivity index (χ0n) is 22.8. The van der Waals surface area contributed by atoms with Gasteiger partial charge in [-0.25, -0.2) is 9.59 Å². The van der Waals surface area contributed by atoms with Gasteiger partial charge in [-0.2, -0.15) is 0 Å². The molecule has 0 aromatic heterocycles. The number of carbonyl (C=O) groups excluding carboxylic acids is 2. The molecule has 1 unspecified atom stereocenters. The molecule has 3 aromatic carbocycles. The standard InChI is InChI=1S/C33H37NO4/c1-33(2,3)38-31(35)30(20-19-22-11-5-6-12-24(22)23-17-18-23)34(4)32(36)37-21-29-27-15-9-7-13-25(27)26-14-8-10-16-28(26)29/h5-16,23,29-30H,17-21H2,1-4H3. The van der Waals surface area contributed by atoms with Gasteiger partial charge in [-0.05, 0) is 85.8 Å². The van der Waals surface area contributed by atoms with Gasteiger partial charge in [0.2, 0.25) is 0 Å². The second-order valence-electron chi connectivity index (χ2n) is 11.5. The van der Waals surface area contributed by atoms with Gasteiger partial charge in [-0.15, -0.1) is 0 Å². The number of nitrogens with zero attached hydrogens (tertiary/aromatic N) is 1. The molecule has 1 amide bonds. The average molecular weight is 512 g/mol. The minimum atomic E-state index is -0.739. The maximum Gasteiger partial charge on any atom is 0.410 e. The molecule has 0 spiro atoms. The van der Waals surface area contributed by atoms with Gasteiger partial charge in [-0.3, -0.25) is 4.90 Å². The Hall–Kier alpha value is -3.60. The summed E-state index contributed by atoms with van der Waals surface area (Å²) in [5.74, 6) is 0.175. The van der Waals surface area contributed by atoms with Crippen LogP contribution in [0.15, 0.2) is 72.8 Å². The van der Waals surface area contributed by atoms with Crippen molar-refractivity contribution < 1.29 is 19.1 Å². The van der Waals surface area contributed by atoms with Crippen molar-refractivity contribution in [1.29, 1.82) is 0 Å². The number of likely N-dealkylation sites (N-methyl/N-ethyl adjacent to an activating group) is 1. The molecule has 0 aliphatic heterocycles. The van der Waals surface area contributed by atoms with Crippen LogP contribution in [0.4, 0.5) is 4.79 Å². The van der Waals surface area contributed by atoms with Crippen molar-refractivity contribution in [3.8, 4) is 11.1 Å². The Balaban J connectivity index is 1.30. The second-order valence-corrected chi connectivity index (χ2v) is 11.5. The molecule has 2 aliphatic rings. The molecule has 0 heterocycles. The lowest BCUT2D eigenvalue weighted by atomic mass is 9.97. The molecule has 0 radical (unpaired) electrons. The summed E-state index contributed by atoms with van der Waals surface area (Å²) in [5, 5.41) is 0. The van der Waals surface area contributed by atoms with Crippen molar-refractivity contribution in [2.24, 2.45) is 0 Å². The van der Waals surface area contributed by atoms with Crippen LogP contribution < -0.4 is 0 Å². The summed E-state index contributed by atoms with van der Waals surface area (Å²) in [5.41, 5.74) is 6.62. The van der Waals surface area contributed by atoms with Crippen molar-refractivity contribution in [1.82, 2.24) is 4.90 Å². The van der Waals surface area contributed by atoms with E-state index in [2.05, 4.69) is 42.5 Å². The number of esters is 1. The number of rotatable bonds is 8. The molecular weight excluding hydrogens is 474 g/mol. The van der Waals surface area contributed by atoms with Crippen LogP contribution in [0.5, 0.6) is 0 Å². The van der Waals surface area contributed by atoms with E-state index in [0.29, 0.717) is 18.8 Å². The van der Waals surface area contributed by atoms with Gasteiger partial charge in [0, 0.05) is 13.0 Å². The lowest BCUT2D eigenvalue weighted by molar-refractivity contribution is -0.160. The topological polar surface area (TPSA) is 55.8 Å². The molecule has 1 fully saturated rings. The van der Waals surface area contributed by atoms with Crippen molar-refractivity contribution in [2.45, 2.75) is 69.9 Å². The van der Waals surface area contributed by atoms with Gasteiger partial charge in [0.05, 0.1) is 0 Å². The first-order valence-corrected chi connectivity index (χ1v) is 13.6. The van der Waals surface area contributed by atoms with Crippen LogP contribution in [0.25, 0.3) is 11.1 Å². The minimum Gasteiger partial charge on any atom is -0.458 e. The third kappa shape index (κ3) is 5.62. The Bertz CT molecular complexity index is 1270. The van der Waals surface area contributed by atoms with Gasteiger partial charge in [0.15, 0.2) is 0 Å². The van der Waals surface area contributed by atoms with Gasteiger partial charge >= 0.3 is 12.1 Å². The number of amides is 1. The van der Waals surface area contributed by atoms with E-state index >= 15 is 0 Å². The van der Waals surface area contributed by atoms with Crippen molar-refractivity contribution in [3.05, 3.63) is 95.1 Å². The number of hydrogen-bond donors (Lipinski definition) is 0. The highest BCUT2D eigenvalue weighted by atomic mass is 16.6. The maximum absolute atomic E-state index is 13.3. The number of fused-ring (bicyclic) bond motifs is 3. The van der Waals surface area contributed by atoms with Gasteiger partial charge in [0.25, 0.3) is 0 Å². The summed E-state index contributed by atoms with van der Waals surface area (Å²) in [6.07, 6.45) is 3.08. The fourth-order valence-electron chi connectivity index (χ4n) is 5.51. The van der Waals surface area contributed by atoms with Gasteiger partial charge in [0.1, 0.15) is 18.2 Å². The van der Waals surface area contributed by atoms with Crippen molar-refractivity contribution in [3.63, 3.8) is 0 Å². The van der Waals surface area contributed by atoms with Crippen LogP contribution >= 0.6 is 0 Å². The molecule has 0 N–H and O–H groups in total. The lowest BCUT2D eigenvalue weighted by Crippen LogP contribution is -2.46. The highest BCUT2D eigenvalue weighted by Crippen LogP contribution is 2.45. The van der Waals surface area contributed by atoms with E-state index in [9.17, 15) is 9.59 Å². The summed E-state index contributed by atoms with van der Waals surface area (Å²) in [4.78, 5) is 28.0. The van der Waals surface area contributed by atoms with Crippen LogP contribution in [0.2, 0.25) is 0 Å². The average Bonchev–Trinajstić information content (AvgIpc) is 3.69. The van der Waals surface area contributed by atoms with Crippen LogP contribution in [-0.4, -0.2) is 42.3 Å². The SMILES string of the molecule is CN(C(=O)OCC1c2ccccc2-c2ccccc21)C(CCc1ccccc1C1CC1)C(=O)OC(C)(C)C. The second kappa shape index (κ2) is 10.6. The monoisotopic (exact) mass is 511 g/mol. The zero-order valence-corrected chi connectivity index (χ0v) is 22.8. The van der Waals surface area contributed by atoms with Gasteiger partial charge in [-0.1, -0.05) is 72.8 Å². The van der Waals surface area contributed by atoms with Crippen molar-refractivity contribution in [2.75, 3.05) is 13.7 Å². The fourth-order valence-corrected chi connectivity index (χ4v) is 5.51. The highest BCUT2D eigenvalue weighted by Gasteiger charge is 2.34. The number of hydrogen-bond acceptors (Lipinski definition) is 4. The van der Waals surface area contributed by atoms with Crippen LogP contribution in [-0.2, 0) is 20.7 Å². The molecule has 3 aromatic rings. The lowest BCUT2D eigenvalue weighted by Gasteiger charge is -2.30. The number of benzene rings is 3. The van der Waals surface area contributed by atoms with E-state index < -0.39 is 23.7 Å². The molecule has 5 nitrogen and oxygen atoms in total. The van der Waals surface area contributed by atoms with E-state index in [1.54, 1.807) is 7.05 Å². The molecular formula is C33H37NO4. The first kappa shape index (κ1) is 26.0. The Morgan fingerprint density at radius 2 is 1.42 bits per heavy atom. The van der Waals surface area contributed by atoms with Crippen LogP contribution in [0.1, 0.15) is 74.1 Å². The quantitative estimate of drug-likeness (QED) is 0.303. The fraction of sp³-hybridized carbons (Fsp3) is 0.394. The molecule has 5 heteroatoms. The Labute approximate surface area is 225 Å². The first-order chi connectivity index (χ1) is 18.2. The third-order valence-electron chi connectivity index (χ3n) is 7.53. The summed E-state index contributed by atoms with van der Waals surface area (Å²) >= 11 is 0. The highest BCUT2D eigenvalue weighted by molar-refractivity contribution is 5.82. The normalized spacial score (nSPS) is 15.4. The smallest absolute Gasteiger partial charge is 0.410 e. The number of aryl methyl sites for hydroxylation is 1. The Morgan fingerprint density at radius 3 is 2.00 bits per heavy atom. The molecule has 0 saturated heterocycles. The molecule has 38 heavy (non-hydrogen) atoms. The largest absolute Gasteiger partial charge is 0.458 e. The minimum absolute atomic E-state index is 0.0369. The molecule has 1 atom stereocenters. The van der Waals surface area contributed by atoms with Crippen molar-refractivity contribution >= 4 is 12.1 Å².